The van der Waals surface area contributed by atoms with Crippen molar-refractivity contribution < 1.29 is 9.53 Å². The van der Waals surface area contributed by atoms with Gasteiger partial charge in [0.25, 0.3) is 5.91 Å². The molecule has 0 unspecified atom stereocenters. The highest BCUT2D eigenvalue weighted by molar-refractivity contribution is 5.94. The number of hydrogen-bond acceptors (Lipinski definition) is 3. The maximum atomic E-state index is 12.3. The van der Waals surface area contributed by atoms with Crippen molar-refractivity contribution in [3.8, 4) is 11.5 Å². The van der Waals surface area contributed by atoms with E-state index < -0.39 is 0 Å². The number of piperidine rings is 1. The Labute approximate surface area is 143 Å². The van der Waals surface area contributed by atoms with E-state index in [9.17, 15) is 4.79 Å². The van der Waals surface area contributed by atoms with Crippen LogP contribution in [0.3, 0.4) is 0 Å². The van der Waals surface area contributed by atoms with E-state index in [0.29, 0.717) is 11.5 Å². The molecule has 0 aromatic heterocycles. The molecule has 1 aliphatic rings. The predicted octanol–water partition coefficient (Wildman–Crippen LogP) is 3.55. The number of amides is 1. The summed E-state index contributed by atoms with van der Waals surface area (Å²) in [5.74, 6) is 2.09. The lowest BCUT2D eigenvalue weighted by Gasteiger charge is -2.28. The van der Waals surface area contributed by atoms with Gasteiger partial charge in [-0.05, 0) is 75.3 Å². The van der Waals surface area contributed by atoms with Gasteiger partial charge in [0.05, 0.1) is 0 Å². The standard InChI is InChI=1S/C20H24N2O2/c1-22-13-11-16(12-14-22)15-21-20(23)17-7-9-19(10-8-17)24-18-5-3-2-4-6-18/h2-10,16H,11-15H2,1H3,(H,21,23). The average Bonchev–Trinajstić information content (AvgIpc) is 2.62. The van der Waals surface area contributed by atoms with E-state index in [1.807, 2.05) is 54.6 Å². The van der Waals surface area contributed by atoms with Crippen LogP contribution in [0.2, 0.25) is 0 Å². The molecule has 1 heterocycles. The summed E-state index contributed by atoms with van der Waals surface area (Å²) in [6.07, 6.45) is 2.31. The molecule has 2 aromatic carbocycles. The minimum absolute atomic E-state index is 0.0137. The minimum atomic E-state index is -0.0137. The summed E-state index contributed by atoms with van der Waals surface area (Å²) in [6, 6.07) is 16.9. The van der Waals surface area contributed by atoms with Crippen LogP contribution in [-0.2, 0) is 0 Å². The van der Waals surface area contributed by atoms with Gasteiger partial charge in [0, 0.05) is 12.1 Å². The van der Waals surface area contributed by atoms with Crippen molar-refractivity contribution in [3.05, 3.63) is 60.2 Å². The molecular weight excluding hydrogens is 300 g/mol. The molecule has 2 aromatic rings. The van der Waals surface area contributed by atoms with Crippen molar-refractivity contribution in [1.82, 2.24) is 10.2 Å². The van der Waals surface area contributed by atoms with Crippen LogP contribution in [0.5, 0.6) is 11.5 Å². The van der Waals surface area contributed by atoms with Gasteiger partial charge in [-0.1, -0.05) is 18.2 Å². The van der Waals surface area contributed by atoms with Crippen LogP contribution < -0.4 is 10.1 Å². The Kier molecular flexibility index (Phi) is 5.49. The number of ether oxygens (including phenoxy) is 1. The van der Waals surface area contributed by atoms with E-state index in [1.54, 1.807) is 0 Å². The van der Waals surface area contributed by atoms with Gasteiger partial charge in [0.2, 0.25) is 0 Å². The highest BCUT2D eigenvalue weighted by atomic mass is 16.5. The van der Waals surface area contributed by atoms with E-state index in [0.717, 1.165) is 44.0 Å². The molecule has 1 saturated heterocycles. The van der Waals surface area contributed by atoms with Gasteiger partial charge >= 0.3 is 0 Å². The van der Waals surface area contributed by atoms with Gasteiger partial charge in [-0.25, -0.2) is 0 Å². The van der Waals surface area contributed by atoms with Gasteiger partial charge in [0.1, 0.15) is 11.5 Å². The summed E-state index contributed by atoms with van der Waals surface area (Å²) < 4.78 is 5.74. The zero-order valence-corrected chi connectivity index (χ0v) is 14.1. The molecule has 0 aliphatic carbocycles. The normalized spacial score (nSPS) is 15.9. The van der Waals surface area contributed by atoms with Crippen molar-refractivity contribution >= 4 is 5.91 Å². The van der Waals surface area contributed by atoms with Crippen molar-refractivity contribution in [2.24, 2.45) is 5.92 Å². The molecule has 1 N–H and O–H groups in total. The van der Waals surface area contributed by atoms with Crippen molar-refractivity contribution in [2.75, 3.05) is 26.7 Å². The average molecular weight is 324 g/mol. The Morgan fingerprint density at radius 1 is 1.04 bits per heavy atom. The van der Waals surface area contributed by atoms with Crippen LogP contribution in [0.25, 0.3) is 0 Å². The van der Waals surface area contributed by atoms with Gasteiger partial charge in [-0.3, -0.25) is 4.79 Å². The molecule has 3 rings (SSSR count). The smallest absolute Gasteiger partial charge is 0.251 e. The zero-order chi connectivity index (χ0) is 16.8. The fourth-order valence-electron chi connectivity index (χ4n) is 2.90. The van der Waals surface area contributed by atoms with Gasteiger partial charge in [-0.2, -0.15) is 0 Å². The fraction of sp³-hybridized carbons (Fsp3) is 0.350. The molecule has 0 bridgehead atoms. The van der Waals surface area contributed by atoms with Gasteiger partial charge in [0.15, 0.2) is 0 Å². The molecular formula is C20H24N2O2. The number of carbonyl (C=O) groups is 1. The van der Waals surface area contributed by atoms with Crippen LogP contribution in [0.15, 0.2) is 54.6 Å². The summed E-state index contributed by atoms with van der Waals surface area (Å²) in [7, 11) is 2.15. The number of para-hydroxylation sites is 1. The van der Waals surface area contributed by atoms with E-state index >= 15 is 0 Å². The first kappa shape index (κ1) is 16.5. The van der Waals surface area contributed by atoms with E-state index in [1.165, 1.54) is 0 Å². The number of benzene rings is 2. The van der Waals surface area contributed by atoms with Crippen LogP contribution >= 0.6 is 0 Å². The Morgan fingerprint density at radius 2 is 1.67 bits per heavy atom. The minimum Gasteiger partial charge on any atom is -0.457 e. The highest BCUT2D eigenvalue weighted by Crippen LogP contribution is 2.21. The first-order valence-electron chi connectivity index (χ1n) is 8.50. The quantitative estimate of drug-likeness (QED) is 0.914. The summed E-state index contributed by atoms with van der Waals surface area (Å²) in [5.41, 5.74) is 0.670. The second kappa shape index (κ2) is 7.97. The van der Waals surface area contributed by atoms with Crippen molar-refractivity contribution in [1.29, 1.82) is 0 Å². The Bertz CT molecular complexity index is 647. The lowest BCUT2D eigenvalue weighted by molar-refractivity contribution is 0.0939. The summed E-state index contributed by atoms with van der Waals surface area (Å²) >= 11 is 0. The molecule has 24 heavy (non-hydrogen) atoms. The number of rotatable bonds is 5. The molecule has 126 valence electrons. The van der Waals surface area contributed by atoms with Gasteiger partial charge < -0.3 is 15.0 Å². The summed E-state index contributed by atoms with van der Waals surface area (Å²) in [5, 5.41) is 3.05. The maximum absolute atomic E-state index is 12.3. The molecule has 1 fully saturated rings. The van der Waals surface area contributed by atoms with Crippen LogP contribution in [0, 0.1) is 5.92 Å². The lowest BCUT2D eigenvalue weighted by Crippen LogP contribution is -2.36. The first-order chi connectivity index (χ1) is 11.7. The van der Waals surface area contributed by atoms with E-state index in [-0.39, 0.29) is 5.91 Å². The zero-order valence-electron chi connectivity index (χ0n) is 14.1. The lowest BCUT2D eigenvalue weighted by atomic mass is 9.97. The third-order valence-corrected chi connectivity index (χ3v) is 4.48. The number of nitrogens with zero attached hydrogens (tertiary/aromatic N) is 1. The van der Waals surface area contributed by atoms with Crippen LogP contribution in [0.4, 0.5) is 0 Å². The molecule has 4 heteroatoms. The molecule has 0 spiro atoms. The molecule has 0 atom stereocenters. The number of likely N-dealkylation sites (tertiary alicyclic amines) is 1. The Morgan fingerprint density at radius 3 is 2.33 bits per heavy atom. The second-order valence-electron chi connectivity index (χ2n) is 6.40. The molecule has 4 nitrogen and oxygen atoms in total. The molecule has 1 aliphatic heterocycles. The Hall–Kier alpha value is -2.33. The number of hydrogen-bond donors (Lipinski definition) is 1. The summed E-state index contributed by atoms with van der Waals surface area (Å²) in [6.45, 7) is 2.99. The van der Waals surface area contributed by atoms with E-state index in [2.05, 4.69) is 17.3 Å². The Balaban J connectivity index is 1.50. The van der Waals surface area contributed by atoms with Gasteiger partial charge in [-0.15, -0.1) is 0 Å². The van der Waals surface area contributed by atoms with E-state index in [4.69, 9.17) is 4.74 Å². The second-order valence-corrected chi connectivity index (χ2v) is 6.40. The largest absolute Gasteiger partial charge is 0.457 e. The van der Waals surface area contributed by atoms with Crippen LogP contribution in [-0.4, -0.2) is 37.5 Å². The number of nitrogens with one attached hydrogen (secondary N) is 1. The molecule has 0 saturated carbocycles. The third-order valence-electron chi connectivity index (χ3n) is 4.48. The molecule has 0 radical (unpaired) electrons. The molecule has 1 amide bonds. The SMILES string of the molecule is CN1CCC(CNC(=O)c2ccc(Oc3ccccc3)cc2)CC1. The van der Waals surface area contributed by atoms with Crippen molar-refractivity contribution in [2.45, 2.75) is 12.8 Å². The fourth-order valence-corrected chi connectivity index (χ4v) is 2.90. The first-order valence-corrected chi connectivity index (χ1v) is 8.50. The third kappa shape index (κ3) is 4.59. The maximum Gasteiger partial charge on any atom is 0.251 e. The predicted molar refractivity (Wildman–Crippen MR) is 95.5 cm³/mol. The highest BCUT2D eigenvalue weighted by Gasteiger charge is 2.17. The monoisotopic (exact) mass is 324 g/mol. The van der Waals surface area contributed by atoms with Crippen LogP contribution in [0.1, 0.15) is 23.2 Å². The number of carbonyl (C=O) groups excluding carboxylic acids is 1. The van der Waals surface area contributed by atoms with Crippen molar-refractivity contribution in [3.63, 3.8) is 0 Å². The summed E-state index contributed by atoms with van der Waals surface area (Å²) in [4.78, 5) is 14.6. The topological polar surface area (TPSA) is 41.6 Å².